The standard InChI is InChI=1S/C31H34ClFN4O3/c1-18-30(19(2)40-35-18)20-7-10-27-26(15-20)34-28(37(27)21-11-13-31(3,39)14-12-21)17-22-5-4-6-29(38)36(22)23-8-9-24(32)25(33)16-23/h7-10,15-16,21-22,39H,4-6,11-14,17H2,1-3H3/t21?,22-,31?/m0/s1. The number of aliphatic hydroxyl groups is 1. The highest BCUT2D eigenvalue weighted by molar-refractivity contribution is 6.30. The number of halogens is 2. The van der Waals surface area contributed by atoms with Gasteiger partial charge in [-0.1, -0.05) is 22.8 Å². The molecule has 1 amide bonds. The van der Waals surface area contributed by atoms with Crippen LogP contribution in [0.25, 0.3) is 22.2 Å². The number of hydrogen-bond donors (Lipinski definition) is 1. The largest absolute Gasteiger partial charge is 0.390 e. The SMILES string of the molecule is Cc1noc(C)c1-c1ccc2c(c1)nc(C[C@@H]1CCCC(=O)N1c1ccc(Cl)c(F)c1)n2C1CCC(C)(O)CC1. The van der Waals surface area contributed by atoms with E-state index in [1.807, 2.05) is 20.8 Å². The number of hydrogen-bond acceptors (Lipinski definition) is 5. The summed E-state index contributed by atoms with van der Waals surface area (Å²) in [4.78, 5) is 20.0. The number of fused-ring (bicyclic) bond motifs is 1. The first-order valence-corrected chi connectivity index (χ1v) is 14.4. The average Bonchev–Trinajstić information content (AvgIpc) is 3.44. The molecule has 4 aromatic rings. The second-order valence-corrected chi connectivity index (χ2v) is 12.0. The van der Waals surface area contributed by atoms with Gasteiger partial charge >= 0.3 is 0 Å². The zero-order chi connectivity index (χ0) is 28.2. The number of nitrogens with zero attached hydrogens (tertiary/aromatic N) is 4. The number of carbonyl (C=O) groups excluding carboxylic acids is 1. The molecular formula is C31H34ClFN4O3. The molecule has 0 radical (unpaired) electrons. The van der Waals surface area contributed by atoms with E-state index < -0.39 is 11.4 Å². The van der Waals surface area contributed by atoms with Crippen molar-refractivity contribution in [3.05, 3.63) is 64.5 Å². The van der Waals surface area contributed by atoms with E-state index in [0.717, 1.165) is 65.1 Å². The molecule has 2 fully saturated rings. The van der Waals surface area contributed by atoms with Gasteiger partial charge in [-0.3, -0.25) is 4.79 Å². The Hall–Kier alpha value is -3.23. The summed E-state index contributed by atoms with van der Waals surface area (Å²) >= 11 is 5.94. The van der Waals surface area contributed by atoms with Crippen molar-refractivity contribution in [2.45, 2.75) is 89.8 Å². The van der Waals surface area contributed by atoms with E-state index in [0.29, 0.717) is 31.4 Å². The minimum Gasteiger partial charge on any atom is -0.390 e. The van der Waals surface area contributed by atoms with Crippen molar-refractivity contribution in [2.75, 3.05) is 4.90 Å². The van der Waals surface area contributed by atoms with Crippen molar-refractivity contribution in [1.29, 1.82) is 0 Å². The molecule has 7 nitrogen and oxygen atoms in total. The van der Waals surface area contributed by atoms with Gasteiger partial charge in [0.05, 0.1) is 27.4 Å². The molecule has 2 aromatic heterocycles. The van der Waals surface area contributed by atoms with E-state index in [2.05, 4.69) is 27.9 Å². The molecule has 1 saturated heterocycles. The van der Waals surface area contributed by atoms with Crippen LogP contribution in [0.15, 0.2) is 40.9 Å². The highest BCUT2D eigenvalue weighted by Gasteiger charge is 2.35. The highest BCUT2D eigenvalue weighted by atomic mass is 35.5. The molecule has 1 N–H and O–H groups in total. The van der Waals surface area contributed by atoms with Crippen LogP contribution in [0.1, 0.15) is 75.2 Å². The molecule has 2 aliphatic rings. The third kappa shape index (κ3) is 4.92. The predicted molar refractivity (Wildman–Crippen MR) is 153 cm³/mol. The molecule has 0 bridgehead atoms. The van der Waals surface area contributed by atoms with Crippen molar-refractivity contribution in [3.63, 3.8) is 0 Å². The van der Waals surface area contributed by atoms with Gasteiger partial charge < -0.3 is 19.1 Å². The summed E-state index contributed by atoms with van der Waals surface area (Å²) in [5.74, 6) is 1.11. The van der Waals surface area contributed by atoms with Crippen molar-refractivity contribution in [3.8, 4) is 11.1 Å². The van der Waals surface area contributed by atoms with Gasteiger partial charge in [0.2, 0.25) is 5.91 Å². The number of piperidine rings is 1. The van der Waals surface area contributed by atoms with Gasteiger partial charge in [0.25, 0.3) is 0 Å². The maximum absolute atomic E-state index is 14.4. The molecular weight excluding hydrogens is 531 g/mol. The van der Waals surface area contributed by atoms with E-state index in [-0.39, 0.29) is 23.0 Å². The van der Waals surface area contributed by atoms with Gasteiger partial charge in [-0.2, -0.15) is 0 Å². The van der Waals surface area contributed by atoms with Crippen molar-refractivity contribution in [1.82, 2.24) is 14.7 Å². The van der Waals surface area contributed by atoms with Crippen molar-refractivity contribution < 1.29 is 18.8 Å². The minimum atomic E-state index is -0.658. The van der Waals surface area contributed by atoms with Gasteiger partial charge in [0.1, 0.15) is 17.4 Å². The maximum atomic E-state index is 14.4. The molecule has 2 aromatic carbocycles. The Morgan fingerprint density at radius 3 is 2.62 bits per heavy atom. The van der Waals surface area contributed by atoms with Crippen LogP contribution in [-0.4, -0.2) is 37.4 Å². The van der Waals surface area contributed by atoms with E-state index in [1.165, 1.54) is 12.1 Å². The van der Waals surface area contributed by atoms with Gasteiger partial charge in [0, 0.05) is 36.2 Å². The lowest BCUT2D eigenvalue weighted by molar-refractivity contribution is -0.120. The molecule has 9 heteroatoms. The molecule has 40 heavy (non-hydrogen) atoms. The Kier molecular flexibility index (Phi) is 6.95. The first-order valence-electron chi connectivity index (χ1n) is 14.0. The summed E-state index contributed by atoms with van der Waals surface area (Å²) in [6.07, 6.45) is 5.65. The van der Waals surface area contributed by atoms with Crippen molar-refractivity contribution in [2.24, 2.45) is 0 Å². The molecule has 0 unspecified atom stereocenters. The van der Waals surface area contributed by atoms with E-state index in [4.69, 9.17) is 21.1 Å². The molecule has 0 spiro atoms. The monoisotopic (exact) mass is 564 g/mol. The quantitative estimate of drug-likeness (QED) is 0.279. The van der Waals surface area contributed by atoms with Crippen LogP contribution < -0.4 is 4.90 Å². The Bertz CT molecular complexity index is 1560. The number of benzene rings is 2. The zero-order valence-corrected chi connectivity index (χ0v) is 23.8. The third-order valence-corrected chi connectivity index (χ3v) is 8.95. The second kappa shape index (κ2) is 10.3. The Morgan fingerprint density at radius 1 is 1.15 bits per heavy atom. The number of anilines is 1. The van der Waals surface area contributed by atoms with Crippen LogP contribution in [0.3, 0.4) is 0 Å². The fourth-order valence-electron chi connectivity index (χ4n) is 6.57. The second-order valence-electron chi connectivity index (χ2n) is 11.6. The van der Waals surface area contributed by atoms with E-state index in [1.54, 1.807) is 11.0 Å². The topological polar surface area (TPSA) is 84.4 Å². The number of rotatable bonds is 5. The van der Waals surface area contributed by atoms with Crippen LogP contribution in [-0.2, 0) is 11.2 Å². The number of aromatic nitrogens is 3. The summed E-state index contributed by atoms with van der Waals surface area (Å²) in [7, 11) is 0. The normalized spacial score (nSPS) is 23.8. The van der Waals surface area contributed by atoms with Crippen LogP contribution in [0.4, 0.5) is 10.1 Å². The molecule has 1 saturated carbocycles. The van der Waals surface area contributed by atoms with Crippen LogP contribution in [0.2, 0.25) is 5.02 Å². The number of amides is 1. The van der Waals surface area contributed by atoms with Gasteiger partial charge in [-0.05, 0) is 95.2 Å². The lowest BCUT2D eigenvalue weighted by Crippen LogP contribution is -2.45. The number of aryl methyl sites for hydroxylation is 2. The predicted octanol–water partition coefficient (Wildman–Crippen LogP) is 7.09. The zero-order valence-electron chi connectivity index (χ0n) is 23.1. The van der Waals surface area contributed by atoms with Crippen molar-refractivity contribution >= 4 is 34.2 Å². The summed E-state index contributed by atoms with van der Waals surface area (Å²) in [5, 5.41) is 14.8. The Morgan fingerprint density at radius 2 is 1.93 bits per heavy atom. The summed E-state index contributed by atoms with van der Waals surface area (Å²) in [6, 6.07) is 10.9. The van der Waals surface area contributed by atoms with Crippen LogP contribution in [0, 0.1) is 19.7 Å². The fourth-order valence-corrected chi connectivity index (χ4v) is 6.69. The first-order chi connectivity index (χ1) is 19.1. The number of imidazole rings is 1. The molecule has 3 heterocycles. The van der Waals surface area contributed by atoms with E-state index in [9.17, 15) is 14.3 Å². The van der Waals surface area contributed by atoms with Crippen LogP contribution >= 0.6 is 11.6 Å². The Balaban J connectivity index is 1.42. The molecule has 6 rings (SSSR count). The van der Waals surface area contributed by atoms with Gasteiger partial charge in [-0.25, -0.2) is 9.37 Å². The Labute approximate surface area is 237 Å². The van der Waals surface area contributed by atoms with Crippen LogP contribution in [0.5, 0.6) is 0 Å². The van der Waals surface area contributed by atoms with Gasteiger partial charge in [0.15, 0.2) is 0 Å². The lowest BCUT2D eigenvalue weighted by atomic mass is 9.83. The highest BCUT2D eigenvalue weighted by Crippen LogP contribution is 2.39. The third-order valence-electron chi connectivity index (χ3n) is 8.64. The lowest BCUT2D eigenvalue weighted by Gasteiger charge is -2.37. The molecule has 210 valence electrons. The fraction of sp³-hybridized carbons (Fsp3) is 0.452. The summed E-state index contributed by atoms with van der Waals surface area (Å²) < 4.78 is 22.2. The summed E-state index contributed by atoms with van der Waals surface area (Å²) in [6.45, 7) is 5.75. The average molecular weight is 565 g/mol. The maximum Gasteiger partial charge on any atom is 0.227 e. The molecule has 1 aliphatic heterocycles. The molecule has 1 aliphatic carbocycles. The molecule has 1 atom stereocenters. The number of carbonyl (C=O) groups is 1. The first kappa shape index (κ1) is 27.0. The van der Waals surface area contributed by atoms with Gasteiger partial charge in [-0.15, -0.1) is 0 Å². The smallest absolute Gasteiger partial charge is 0.227 e. The minimum absolute atomic E-state index is 0.0185. The summed E-state index contributed by atoms with van der Waals surface area (Å²) in [5.41, 5.74) is 4.57. The van der Waals surface area contributed by atoms with E-state index >= 15 is 0 Å².